The van der Waals surface area contributed by atoms with Crippen molar-refractivity contribution in [2.24, 2.45) is 0 Å². The molecule has 21 heavy (non-hydrogen) atoms. The molecule has 1 aromatic carbocycles. The van der Waals surface area contributed by atoms with E-state index in [0.29, 0.717) is 48.8 Å². The third-order valence-corrected chi connectivity index (χ3v) is 6.07. The second-order valence-electron chi connectivity index (χ2n) is 5.18. The van der Waals surface area contributed by atoms with Crippen molar-refractivity contribution in [3.05, 3.63) is 22.7 Å². The van der Waals surface area contributed by atoms with Crippen LogP contribution in [0.2, 0.25) is 5.02 Å². The Hall–Kier alpha value is -0.820. The maximum Gasteiger partial charge on any atom is 0.243 e. The van der Waals surface area contributed by atoms with Crippen LogP contribution in [-0.2, 0) is 14.8 Å². The lowest BCUT2D eigenvalue weighted by Gasteiger charge is -2.31. The SMILES string of the molecule is CCOC1CCN(S(=O)(=O)c2cc(N)c(C)c(Cl)c2)CC1. The maximum absolute atomic E-state index is 12.6. The molecule has 2 N–H and O–H groups in total. The molecule has 0 aliphatic carbocycles. The summed E-state index contributed by atoms with van der Waals surface area (Å²) in [5.74, 6) is 0. The Bertz CT molecular complexity index is 588. The van der Waals surface area contributed by atoms with Gasteiger partial charge in [0.25, 0.3) is 0 Å². The fourth-order valence-corrected chi connectivity index (χ4v) is 4.27. The summed E-state index contributed by atoms with van der Waals surface area (Å²) in [6.07, 6.45) is 1.57. The van der Waals surface area contributed by atoms with Crippen molar-refractivity contribution in [2.45, 2.75) is 37.7 Å². The molecule has 1 aliphatic heterocycles. The summed E-state index contributed by atoms with van der Waals surface area (Å²) in [7, 11) is -3.55. The number of hydrogen-bond acceptors (Lipinski definition) is 4. The van der Waals surface area contributed by atoms with E-state index < -0.39 is 10.0 Å². The highest BCUT2D eigenvalue weighted by Gasteiger charge is 2.30. The number of nitrogens with zero attached hydrogens (tertiary/aromatic N) is 1. The third kappa shape index (κ3) is 3.51. The zero-order chi connectivity index (χ0) is 15.6. The van der Waals surface area contributed by atoms with Gasteiger partial charge in [-0.25, -0.2) is 8.42 Å². The first-order valence-electron chi connectivity index (χ1n) is 7.03. The topological polar surface area (TPSA) is 72.6 Å². The second-order valence-corrected chi connectivity index (χ2v) is 7.52. The highest BCUT2D eigenvalue weighted by atomic mass is 35.5. The summed E-state index contributed by atoms with van der Waals surface area (Å²) >= 11 is 6.05. The molecule has 0 aromatic heterocycles. The third-order valence-electron chi connectivity index (χ3n) is 3.80. The van der Waals surface area contributed by atoms with Crippen LogP contribution in [-0.4, -0.2) is 38.5 Å². The minimum absolute atomic E-state index is 0.146. The predicted octanol–water partition coefficient (Wildman–Crippen LogP) is 2.42. The molecule has 0 atom stereocenters. The molecular formula is C14H21ClN2O3S. The Morgan fingerprint density at radius 3 is 2.52 bits per heavy atom. The Balaban J connectivity index is 2.20. The summed E-state index contributed by atoms with van der Waals surface area (Å²) in [6, 6.07) is 2.95. The number of benzene rings is 1. The molecule has 1 fully saturated rings. The van der Waals surface area contributed by atoms with Crippen molar-refractivity contribution in [1.82, 2.24) is 4.31 Å². The highest BCUT2D eigenvalue weighted by molar-refractivity contribution is 7.89. The van der Waals surface area contributed by atoms with Crippen molar-refractivity contribution in [2.75, 3.05) is 25.4 Å². The molecule has 1 aromatic rings. The molecule has 0 spiro atoms. The van der Waals surface area contributed by atoms with Crippen molar-refractivity contribution >= 4 is 27.3 Å². The molecule has 0 saturated carbocycles. The molecule has 0 bridgehead atoms. The fraction of sp³-hybridized carbons (Fsp3) is 0.571. The number of rotatable bonds is 4. The molecule has 0 unspecified atom stereocenters. The van der Waals surface area contributed by atoms with Gasteiger partial charge in [-0.15, -0.1) is 0 Å². The molecule has 7 heteroatoms. The lowest BCUT2D eigenvalue weighted by Crippen LogP contribution is -2.40. The fourth-order valence-electron chi connectivity index (χ4n) is 2.45. The lowest BCUT2D eigenvalue weighted by atomic mass is 10.1. The summed E-state index contributed by atoms with van der Waals surface area (Å²) < 4.78 is 32.3. The molecule has 1 saturated heterocycles. The van der Waals surface area contributed by atoms with E-state index in [9.17, 15) is 8.42 Å². The van der Waals surface area contributed by atoms with Gasteiger partial charge in [-0.3, -0.25) is 0 Å². The summed E-state index contributed by atoms with van der Waals surface area (Å²) in [4.78, 5) is 0.158. The quantitative estimate of drug-likeness (QED) is 0.859. The van der Waals surface area contributed by atoms with Crippen LogP contribution >= 0.6 is 11.6 Å². The number of halogens is 1. The molecule has 1 aliphatic rings. The van der Waals surface area contributed by atoms with Crippen molar-refractivity contribution < 1.29 is 13.2 Å². The maximum atomic E-state index is 12.6. The van der Waals surface area contributed by atoms with Crippen molar-refractivity contribution in [3.8, 4) is 0 Å². The van der Waals surface area contributed by atoms with Gasteiger partial charge in [-0.2, -0.15) is 4.31 Å². The number of sulfonamides is 1. The molecule has 2 rings (SSSR count). The summed E-state index contributed by atoms with van der Waals surface area (Å²) in [5.41, 5.74) is 6.92. The summed E-state index contributed by atoms with van der Waals surface area (Å²) in [5, 5.41) is 0.373. The van der Waals surface area contributed by atoms with E-state index in [1.54, 1.807) is 6.92 Å². The van der Waals surface area contributed by atoms with E-state index in [2.05, 4.69) is 0 Å². The van der Waals surface area contributed by atoms with E-state index in [1.807, 2.05) is 6.92 Å². The van der Waals surface area contributed by atoms with Crippen molar-refractivity contribution in [3.63, 3.8) is 0 Å². The van der Waals surface area contributed by atoms with Crippen LogP contribution in [0.5, 0.6) is 0 Å². The zero-order valence-corrected chi connectivity index (χ0v) is 13.9. The molecule has 5 nitrogen and oxygen atoms in total. The van der Waals surface area contributed by atoms with Gasteiger partial charge < -0.3 is 10.5 Å². The smallest absolute Gasteiger partial charge is 0.243 e. The first kappa shape index (κ1) is 16.5. The van der Waals surface area contributed by atoms with Gasteiger partial charge in [0, 0.05) is 30.4 Å². The minimum atomic E-state index is -3.55. The van der Waals surface area contributed by atoms with E-state index in [-0.39, 0.29) is 11.0 Å². The van der Waals surface area contributed by atoms with E-state index >= 15 is 0 Å². The second kappa shape index (κ2) is 6.52. The van der Waals surface area contributed by atoms with Crippen LogP contribution in [0.3, 0.4) is 0 Å². The predicted molar refractivity (Wildman–Crippen MR) is 84.0 cm³/mol. The number of piperidine rings is 1. The van der Waals surface area contributed by atoms with Crippen LogP contribution in [0.4, 0.5) is 5.69 Å². The summed E-state index contributed by atoms with van der Waals surface area (Å²) in [6.45, 7) is 5.28. The minimum Gasteiger partial charge on any atom is -0.398 e. The van der Waals surface area contributed by atoms with Crippen LogP contribution in [0.15, 0.2) is 17.0 Å². The Kier molecular flexibility index (Phi) is 5.14. The van der Waals surface area contributed by atoms with E-state index in [0.717, 1.165) is 0 Å². The van der Waals surface area contributed by atoms with Gasteiger partial charge in [-0.1, -0.05) is 11.6 Å². The van der Waals surface area contributed by atoms with Gasteiger partial charge in [0.1, 0.15) is 0 Å². The zero-order valence-electron chi connectivity index (χ0n) is 12.3. The normalized spacial score (nSPS) is 18.0. The van der Waals surface area contributed by atoms with Crippen LogP contribution in [0.1, 0.15) is 25.3 Å². The lowest BCUT2D eigenvalue weighted by molar-refractivity contribution is 0.0290. The molecule has 118 valence electrons. The molecule has 0 amide bonds. The number of nitrogens with two attached hydrogens (primary N) is 1. The molecule has 1 heterocycles. The van der Waals surface area contributed by atoms with E-state index in [4.69, 9.17) is 22.1 Å². The molecular weight excluding hydrogens is 312 g/mol. The Labute approximate surface area is 131 Å². The largest absolute Gasteiger partial charge is 0.398 e. The van der Waals surface area contributed by atoms with Crippen LogP contribution < -0.4 is 5.73 Å². The average Bonchev–Trinajstić information content (AvgIpc) is 2.45. The highest BCUT2D eigenvalue weighted by Crippen LogP contribution is 2.29. The number of anilines is 1. The Morgan fingerprint density at radius 2 is 2.00 bits per heavy atom. The van der Waals surface area contributed by atoms with Gasteiger partial charge in [0.05, 0.1) is 11.0 Å². The number of ether oxygens (including phenoxy) is 1. The Morgan fingerprint density at radius 1 is 1.38 bits per heavy atom. The number of nitrogen functional groups attached to an aromatic ring is 1. The van der Waals surface area contributed by atoms with Crippen LogP contribution in [0.25, 0.3) is 0 Å². The first-order valence-corrected chi connectivity index (χ1v) is 8.85. The first-order chi connectivity index (χ1) is 9.86. The monoisotopic (exact) mass is 332 g/mol. The van der Waals surface area contributed by atoms with Crippen LogP contribution in [0, 0.1) is 6.92 Å². The van der Waals surface area contributed by atoms with Gasteiger partial charge in [0.2, 0.25) is 10.0 Å². The standard InChI is InChI=1S/C14H21ClN2O3S/c1-3-20-11-4-6-17(7-5-11)21(18,19)12-8-13(15)10(2)14(16)9-12/h8-9,11H,3-7,16H2,1-2H3. The average molecular weight is 333 g/mol. The number of hydrogen-bond donors (Lipinski definition) is 1. The van der Waals surface area contributed by atoms with Gasteiger partial charge >= 0.3 is 0 Å². The van der Waals surface area contributed by atoms with Gasteiger partial charge in [0.15, 0.2) is 0 Å². The molecule has 0 radical (unpaired) electrons. The van der Waals surface area contributed by atoms with Gasteiger partial charge in [-0.05, 0) is 44.4 Å². The van der Waals surface area contributed by atoms with E-state index in [1.165, 1.54) is 16.4 Å². The van der Waals surface area contributed by atoms with Crippen molar-refractivity contribution in [1.29, 1.82) is 0 Å².